The van der Waals surface area contributed by atoms with E-state index in [4.69, 9.17) is 9.26 Å². The van der Waals surface area contributed by atoms with Crippen LogP contribution in [-0.2, 0) is 0 Å². The van der Waals surface area contributed by atoms with E-state index in [0.717, 1.165) is 43.0 Å². The fourth-order valence-electron chi connectivity index (χ4n) is 3.15. The highest BCUT2D eigenvalue weighted by molar-refractivity contribution is 5.58. The molecule has 0 unspecified atom stereocenters. The van der Waals surface area contributed by atoms with Gasteiger partial charge >= 0.3 is 6.01 Å². The lowest BCUT2D eigenvalue weighted by Crippen LogP contribution is -2.41. The van der Waals surface area contributed by atoms with Gasteiger partial charge in [-0.1, -0.05) is 35.5 Å². The van der Waals surface area contributed by atoms with Crippen LogP contribution in [0.15, 0.2) is 59.1 Å². The number of hydrogen-bond donors (Lipinski definition) is 1. The first-order valence-corrected chi connectivity index (χ1v) is 8.90. The number of piperidine rings is 1. The van der Waals surface area contributed by atoms with Crippen LogP contribution in [0.1, 0.15) is 12.8 Å². The molecule has 6 nitrogen and oxygen atoms in total. The van der Waals surface area contributed by atoms with Crippen molar-refractivity contribution in [3.63, 3.8) is 0 Å². The molecule has 1 N–H and O–H groups in total. The smallest absolute Gasteiger partial charge is 0.324 e. The maximum atomic E-state index is 5.89. The topological polar surface area (TPSA) is 63.4 Å². The molecule has 26 heavy (non-hydrogen) atoms. The van der Waals surface area contributed by atoms with Crippen LogP contribution < -0.4 is 15.0 Å². The van der Waals surface area contributed by atoms with Crippen LogP contribution >= 0.6 is 0 Å². The molecule has 2 heterocycles. The number of ether oxygens (including phenoxy) is 1. The van der Waals surface area contributed by atoms with Gasteiger partial charge in [-0.05, 0) is 50.2 Å². The minimum absolute atomic E-state index is 0.428. The minimum Gasteiger partial charge on any atom is -0.457 e. The molecule has 1 aliphatic rings. The highest BCUT2D eigenvalue weighted by Gasteiger charge is 2.22. The Kier molecular flexibility index (Phi) is 4.84. The summed E-state index contributed by atoms with van der Waals surface area (Å²) in [5.74, 6) is 2.11. The standard InChI is InChI=1S/C20H22N4O2/c1-24(16-10-12-21-13-11-16)20-22-19(23-26-20)15-6-5-9-18(14-15)25-17-7-3-2-4-8-17/h2-9,14,16,21H,10-13H2,1H3. The Bertz CT molecular complexity index is 844. The zero-order valence-corrected chi connectivity index (χ0v) is 14.8. The highest BCUT2D eigenvalue weighted by atomic mass is 16.5. The molecule has 6 heteroatoms. The van der Waals surface area contributed by atoms with Crippen LogP contribution in [0, 0.1) is 0 Å². The van der Waals surface area contributed by atoms with Crippen LogP contribution in [0.25, 0.3) is 11.4 Å². The molecule has 0 saturated carbocycles. The summed E-state index contributed by atoms with van der Waals surface area (Å²) in [5, 5.41) is 7.52. The summed E-state index contributed by atoms with van der Waals surface area (Å²) < 4.78 is 11.4. The molecule has 1 aliphatic heterocycles. The van der Waals surface area contributed by atoms with Crippen molar-refractivity contribution in [1.29, 1.82) is 0 Å². The lowest BCUT2D eigenvalue weighted by Gasteiger charge is -2.29. The lowest BCUT2D eigenvalue weighted by molar-refractivity contribution is 0.380. The van der Waals surface area contributed by atoms with Crippen molar-refractivity contribution < 1.29 is 9.26 Å². The summed E-state index contributed by atoms with van der Waals surface area (Å²) in [6, 6.07) is 18.4. The molecule has 0 spiro atoms. The maximum absolute atomic E-state index is 5.89. The molecule has 0 radical (unpaired) electrons. The quantitative estimate of drug-likeness (QED) is 0.757. The van der Waals surface area contributed by atoms with Crippen molar-refractivity contribution in [2.45, 2.75) is 18.9 Å². The van der Waals surface area contributed by atoms with Gasteiger partial charge in [0.1, 0.15) is 11.5 Å². The molecule has 3 aromatic rings. The lowest BCUT2D eigenvalue weighted by atomic mass is 10.1. The molecule has 1 fully saturated rings. The van der Waals surface area contributed by atoms with Crippen molar-refractivity contribution in [2.24, 2.45) is 0 Å². The van der Waals surface area contributed by atoms with Crippen LogP contribution in [0.2, 0.25) is 0 Å². The van der Waals surface area contributed by atoms with E-state index in [9.17, 15) is 0 Å². The third-order valence-electron chi connectivity index (χ3n) is 4.64. The Morgan fingerprint density at radius 1 is 1.04 bits per heavy atom. The monoisotopic (exact) mass is 350 g/mol. The molecule has 2 aromatic carbocycles. The molecule has 0 amide bonds. The zero-order valence-electron chi connectivity index (χ0n) is 14.8. The van der Waals surface area contributed by atoms with E-state index in [0.29, 0.717) is 17.9 Å². The second kappa shape index (κ2) is 7.58. The predicted octanol–water partition coefficient (Wildman–Crippen LogP) is 3.72. The number of hydrogen-bond acceptors (Lipinski definition) is 6. The van der Waals surface area contributed by atoms with Gasteiger partial charge in [0.15, 0.2) is 0 Å². The molecule has 4 rings (SSSR count). The van der Waals surface area contributed by atoms with Crippen LogP contribution in [0.4, 0.5) is 6.01 Å². The summed E-state index contributed by atoms with van der Waals surface area (Å²) in [6.07, 6.45) is 2.16. The molecular formula is C20H22N4O2. The summed E-state index contributed by atoms with van der Waals surface area (Å²) in [6.45, 7) is 2.05. The van der Waals surface area contributed by atoms with Gasteiger partial charge in [0.2, 0.25) is 5.82 Å². The van der Waals surface area contributed by atoms with E-state index < -0.39 is 0 Å². The number of nitrogens with zero attached hydrogens (tertiary/aromatic N) is 3. The van der Waals surface area contributed by atoms with Crippen LogP contribution in [0.5, 0.6) is 11.5 Å². The summed E-state index contributed by atoms with van der Waals surface area (Å²) >= 11 is 0. The average Bonchev–Trinajstić information content (AvgIpc) is 3.19. The summed E-state index contributed by atoms with van der Waals surface area (Å²) in [4.78, 5) is 6.66. The molecule has 0 aliphatic carbocycles. The zero-order chi connectivity index (χ0) is 17.8. The van der Waals surface area contributed by atoms with Gasteiger partial charge in [-0.15, -0.1) is 0 Å². The summed E-state index contributed by atoms with van der Waals surface area (Å²) in [7, 11) is 2.02. The Hall–Kier alpha value is -2.86. The Balaban J connectivity index is 1.51. The normalized spacial score (nSPS) is 15.0. The number of benzene rings is 2. The first kappa shape index (κ1) is 16.6. The number of aromatic nitrogens is 2. The maximum Gasteiger partial charge on any atom is 0.324 e. The van der Waals surface area contributed by atoms with Gasteiger partial charge in [-0.2, -0.15) is 4.98 Å². The van der Waals surface area contributed by atoms with Gasteiger partial charge in [0, 0.05) is 18.7 Å². The second-order valence-corrected chi connectivity index (χ2v) is 6.44. The van der Waals surface area contributed by atoms with E-state index in [2.05, 4.69) is 20.4 Å². The Morgan fingerprint density at radius 3 is 2.62 bits per heavy atom. The first-order valence-electron chi connectivity index (χ1n) is 8.90. The van der Waals surface area contributed by atoms with E-state index in [1.165, 1.54) is 0 Å². The Labute approximate surface area is 152 Å². The summed E-state index contributed by atoms with van der Waals surface area (Å²) in [5.41, 5.74) is 0.868. The third kappa shape index (κ3) is 3.70. The van der Waals surface area contributed by atoms with E-state index in [1.54, 1.807) is 0 Å². The fourth-order valence-corrected chi connectivity index (χ4v) is 3.15. The first-order chi connectivity index (χ1) is 12.8. The van der Waals surface area contributed by atoms with Crippen molar-refractivity contribution in [1.82, 2.24) is 15.5 Å². The fraction of sp³-hybridized carbons (Fsp3) is 0.300. The number of para-hydroxylation sites is 1. The number of nitrogens with one attached hydrogen (secondary N) is 1. The van der Waals surface area contributed by atoms with Gasteiger partial charge in [-0.25, -0.2) is 0 Å². The highest BCUT2D eigenvalue weighted by Crippen LogP contribution is 2.27. The molecule has 134 valence electrons. The molecular weight excluding hydrogens is 328 g/mol. The second-order valence-electron chi connectivity index (χ2n) is 6.44. The van der Waals surface area contributed by atoms with Gasteiger partial charge in [0.25, 0.3) is 0 Å². The molecule has 0 bridgehead atoms. The molecule has 1 saturated heterocycles. The SMILES string of the molecule is CN(c1nc(-c2cccc(Oc3ccccc3)c2)no1)C1CCNCC1. The minimum atomic E-state index is 0.428. The van der Waals surface area contributed by atoms with E-state index >= 15 is 0 Å². The third-order valence-corrected chi connectivity index (χ3v) is 4.64. The van der Waals surface area contributed by atoms with E-state index in [-0.39, 0.29) is 0 Å². The van der Waals surface area contributed by atoms with E-state index in [1.807, 2.05) is 61.6 Å². The average molecular weight is 350 g/mol. The van der Waals surface area contributed by atoms with Gasteiger partial charge in [-0.3, -0.25) is 0 Å². The molecule has 0 atom stereocenters. The van der Waals surface area contributed by atoms with Gasteiger partial charge < -0.3 is 19.5 Å². The van der Waals surface area contributed by atoms with Crippen LogP contribution in [0.3, 0.4) is 0 Å². The van der Waals surface area contributed by atoms with Crippen molar-refractivity contribution >= 4 is 6.01 Å². The van der Waals surface area contributed by atoms with Crippen LogP contribution in [-0.4, -0.2) is 36.3 Å². The number of anilines is 1. The largest absolute Gasteiger partial charge is 0.457 e. The Morgan fingerprint density at radius 2 is 1.81 bits per heavy atom. The predicted molar refractivity (Wildman–Crippen MR) is 101 cm³/mol. The van der Waals surface area contributed by atoms with Crippen molar-refractivity contribution in [3.05, 3.63) is 54.6 Å². The van der Waals surface area contributed by atoms with Crippen molar-refractivity contribution in [2.75, 3.05) is 25.0 Å². The number of rotatable bonds is 5. The van der Waals surface area contributed by atoms with Crippen molar-refractivity contribution in [3.8, 4) is 22.9 Å². The molecule has 1 aromatic heterocycles. The van der Waals surface area contributed by atoms with Gasteiger partial charge in [0.05, 0.1) is 0 Å².